The molecular formula is C26H20ClF4N5O2. The van der Waals surface area contributed by atoms with Gasteiger partial charge in [-0.2, -0.15) is 17.6 Å². The van der Waals surface area contributed by atoms with Crippen molar-refractivity contribution in [2.24, 2.45) is 0 Å². The van der Waals surface area contributed by atoms with E-state index in [1.807, 2.05) is 6.07 Å². The number of halogens is 5. The number of nitrogens with one attached hydrogen (secondary N) is 2. The van der Waals surface area contributed by atoms with Gasteiger partial charge < -0.3 is 10.1 Å². The number of benzene rings is 2. The first-order valence-corrected chi connectivity index (χ1v) is 11.5. The molecule has 38 heavy (non-hydrogen) atoms. The number of anilines is 1. The molecule has 1 atom stereocenters. The number of carbonyl (C=O) groups excluding carboxylic acids is 1. The minimum atomic E-state index is -4.73. The monoisotopic (exact) mass is 545 g/mol. The standard InChI is InChI=1S/C26H20ClF4N5O2/c27-19-9-10-21(33-15-19)25(14-17-5-2-1-3-6-17,36-24(37)35-22-11-12-32-16-34-22)18-7-4-8-20(13-18)38-26(30,31)23(28)29/h1-13,15-16,23H,14H2,(H2,32,34,35,36,37)/t25-/m0/s1. The third-order valence-corrected chi connectivity index (χ3v) is 5.69. The van der Waals surface area contributed by atoms with Gasteiger partial charge in [0.25, 0.3) is 0 Å². The number of rotatable bonds is 9. The summed E-state index contributed by atoms with van der Waals surface area (Å²) in [6.45, 7) is 0. The van der Waals surface area contributed by atoms with Gasteiger partial charge in [-0.1, -0.05) is 54.1 Å². The first-order chi connectivity index (χ1) is 18.2. The average Bonchev–Trinajstić information content (AvgIpc) is 2.89. The zero-order valence-electron chi connectivity index (χ0n) is 19.5. The maximum atomic E-state index is 13.7. The number of ether oxygens (including phenoxy) is 1. The summed E-state index contributed by atoms with van der Waals surface area (Å²) in [5, 5.41) is 5.80. The molecular weight excluding hydrogens is 526 g/mol. The predicted molar refractivity (Wildman–Crippen MR) is 132 cm³/mol. The Hall–Kier alpha value is -4.25. The summed E-state index contributed by atoms with van der Waals surface area (Å²) in [5.41, 5.74) is -0.225. The van der Waals surface area contributed by atoms with E-state index in [4.69, 9.17) is 11.6 Å². The highest BCUT2D eigenvalue weighted by atomic mass is 35.5. The average molecular weight is 546 g/mol. The van der Waals surface area contributed by atoms with Gasteiger partial charge >= 0.3 is 18.6 Å². The highest BCUT2D eigenvalue weighted by Crippen LogP contribution is 2.36. The smallest absolute Gasteiger partial charge is 0.428 e. The second-order valence-electron chi connectivity index (χ2n) is 8.10. The molecule has 2 aromatic carbocycles. The molecule has 0 radical (unpaired) electrons. The van der Waals surface area contributed by atoms with E-state index >= 15 is 0 Å². The van der Waals surface area contributed by atoms with Crippen LogP contribution in [-0.2, 0) is 12.0 Å². The van der Waals surface area contributed by atoms with Crippen LogP contribution in [-0.4, -0.2) is 33.5 Å². The first kappa shape index (κ1) is 26.8. The molecule has 2 amide bonds. The van der Waals surface area contributed by atoms with Crippen LogP contribution < -0.4 is 15.4 Å². The van der Waals surface area contributed by atoms with Crippen LogP contribution >= 0.6 is 11.6 Å². The fourth-order valence-electron chi connectivity index (χ4n) is 3.78. The zero-order chi connectivity index (χ0) is 27.2. The Morgan fingerprint density at radius 1 is 1.00 bits per heavy atom. The van der Waals surface area contributed by atoms with Crippen LogP contribution in [0.4, 0.5) is 28.2 Å². The molecule has 196 valence electrons. The minimum absolute atomic E-state index is 0.0916. The summed E-state index contributed by atoms with van der Waals surface area (Å²) in [5.74, 6) is -0.332. The van der Waals surface area contributed by atoms with Crippen molar-refractivity contribution in [2.75, 3.05) is 5.32 Å². The number of urea groups is 1. The topological polar surface area (TPSA) is 89.0 Å². The molecule has 0 unspecified atom stereocenters. The van der Waals surface area contributed by atoms with Gasteiger partial charge in [-0.15, -0.1) is 0 Å². The summed E-state index contributed by atoms with van der Waals surface area (Å²) in [6.07, 6.45) is -4.63. The molecule has 0 spiro atoms. The van der Waals surface area contributed by atoms with E-state index in [0.29, 0.717) is 10.7 Å². The Morgan fingerprint density at radius 3 is 2.45 bits per heavy atom. The molecule has 12 heteroatoms. The van der Waals surface area contributed by atoms with E-state index in [0.717, 1.165) is 17.7 Å². The Labute approximate surface area is 219 Å². The van der Waals surface area contributed by atoms with Crippen LogP contribution in [0.3, 0.4) is 0 Å². The van der Waals surface area contributed by atoms with E-state index < -0.39 is 29.9 Å². The Balaban J connectivity index is 1.84. The quantitative estimate of drug-likeness (QED) is 0.249. The predicted octanol–water partition coefficient (Wildman–Crippen LogP) is 6.07. The van der Waals surface area contributed by atoms with Gasteiger partial charge in [0.15, 0.2) is 0 Å². The fraction of sp³-hybridized carbons (Fsp3) is 0.154. The number of amides is 2. The van der Waals surface area contributed by atoms with Crippen LogP contribution in [0.25, 0.3) is 0 Å². The van der Waals surface area contributed by atoms with Gasteiger partial charge in [-0.05, 0) is 41.5 Å². The van der Waals surface area contributed by atoms with Gasteiger partial charge in [-0.25, -0.2) is 14.8 Å². The van der Waals surface area contributed by atoms with Crippen molar-refractivity contribution in [3.05, 3.63) is 113 Å². The molecule has 0 bridgehead atoms. The summed E-state index contributed by atoms with van der Waals surface area (Å²) >= 11 is 6.06. The van der Waals surface area contributed by atoms with Gasteiger partial charge in [0, 0.05) is 18.8 Å². The molecule has 0 fully saturated rings. The zero-order valence-corrected chi connectivity index (χ0v) is 20.2. The summed E-state index contributed by atoms with van der Waals surface area (Å²) in [6, 6.07) is 18.0. The number of aromatic nitrogens is 3. The van der Waals surface area contributed by atoms with Crippen LogP contribution in [0.1, 0.15) is 16.8 Å². The molecule has 4 rings (SSSR count). The number of hydrogen-bond acceptors (Lipinski definition) is 5. The van der Waals surface area contributed by atoms with Crippen molar-refractivity contribution in [3.8, 4) is 5.75 Å². The second kappa shape index (κ2) is 11.4. The lowest BCUT2D eigenvalue weighted by Crippen LogP contribution is -2.50. The lowest BCUT2D eigenvalue weighted by atomic mass is 9.80. The van der Waals surface area contributed by atoms with Gasteiger partial charge in [-0.3, -0.25) is 10.3 Å². The van der Waals surface area contributed by atoms with Crippen molar-refractivity contribution in [3.63, 3.8) is 0 Å². The van der Waals surface area contributed by atoms with Gasteiger partial charge in [0.1, 0.15) is 23.4 Å². The van der Waals surface area contributed by atoms with E-state index in [-0.39, 0.29) is 17.8 Å². The number of alkyl halides is 4. The molecule has 0 saturated heterocycles. The third-order valence-electron chi connectivity index (χ3n) is 5.46. The van der Waals surface area contributed by atoms with Crippen LogP contribution in [0.2, 0.25) is 5.02 Å². The largest absolute Gasteiger partial charge is 0.461 e. The maximum Gasteiger partial charge on any atom is 0.461 e. The van der Waals surface area contributed by atoms with Crippen molar-refractivity contribution in [1.29, 1.82) is 0 Å². The van der Waals surface area contributed by atoms with Crippen molar-refractivity contribution >= 4 is 23.4 Å². The van der Waals surface area contributed by atoms with Gasteiger partial charge in [0.2, 0.25) is 0 Å². The Morgan fingerprint density at radius 2 is 1.79 bits per heavy atom. The molecule has 2 heterocycles. The molecule has 4 aromatic rings. The summed E-state index contributed by atoms with van der Waals surface area (Å²) in [4.78, 5) is 25.4. The van der Waals surface area contributed by atoms with Crippen molar-refractivity contribution in [1.82, 2.24) is 20.3 Å². The molecule has 2 N–H and O–H groups in total. The van der Waals surface area contributed by atoms with Crippen LogP contribution in [0.15, 0.2) is 91.5 Å². The normalized spacial score (nSPS) is 13.0. The SMILES string of the molecule is O=C(Nc1ccncn1)N[C@@](Cc1ccccc1)(c1cccc(OC(F)(F)C(F)F)c1)c1ccc(Cl)cn1. The number of hydrogen-bond donors (Lipinski definition) is 2. The molecule has 0 aliphatic heterocycles. The van der Waals surface area contributed by atoms with Crippen LogP contribution in [0, 0.1) is 0 Å². The molecule has 2 aromatic heterocycles. The highest BCUT2D eigenvalue weighted by molar-refractivity contribution is 6.30. The lowest BCUT2D eigenvalue weighted by molar-refractivity contribution is -0.253. The molecule has 0 saturated carbocycles. The Bertz CT molecular complexity index is 1370. The summed E-state index contributed by atoms with van der Waals surface area (Å²) < 4.78 is 57.5. The van der Waals surface area contributed by atoms with Crippen molar-refractivity contribution in [2.45, 2.75) is 24.5 Å². The number of carbonyl (C=O) groups is 1. The highest BCUT2D eigenvalue weighted by Gasteiger charge is 2.44. The summed E-state index contributed by atoms with van der Waals surface area (Å²) in [7, 11) is 0. The van der Waals surface area contributed by atoms with E-state index in [1.165, 1.54) is 36.9 Å². The van der Waals surface area contributed by atoms with E-state index in [1.54, 1.807) is 36.4 Å². The molecule has 0 aliphatic carbocycles. The lowest BCUT2D eigenvalue weighted by Gasteiger charge is -2.35. The maximum absolute atomic E-state index is 13.7. The van der Waals surface area contributed by atoms with Crippen molar-refractivity contribution < 1.29 is 27.1 Å². The fourth-order valence-corrected chi connectivity index (χ4v) is 3.90. The number of pyridine rings is 1. The Kier molecular flexibility index (Phi) is 8.06. The first-order valence-electron chi connectivity index (χ1n) is 11.1. The molecule has 0 aliphatic rings. The third kappa shape index (κ3) is 6.35. The van der Waals surface area contributed by atoms with Gasteiger partial charge in [0.05, 0.1) is 10.7 Å². The van der Waals surface area contributed by atoms with Crippen LogP contribution in [0.5, 0.6) is 5.75 Å². The van der Waals surface area contributed by atoms with E-state index in [9.17, 15) is 22.4 Å². The number of nitrogens with zero attached hydrogens (tertiary/aromatic N) is 3. The molecule has 7 nitrogen and oxygen atoms in total. The minimum Gasteiger partial charge on any atom is -0.428 e. The van der Waals surface area contributed by atoms with E-state index in [2.05, 4.69) is 30.3 Å². The second-order valence-corrected chi connectivity index (χ2v) is 8.53.